The van der Waals surface area contributed by atoms with Gasteiger partial charge in [-0.2, -0.15) is 0 Å². The van der Waals surface area contributed by atoms with Crippen LogP contribution in [0.3, 0.4) is 0 Å². The molecule has 2 saturated carbocycles. The van der Waals surface area contributed by atoms with E-state index in [4.69, 9.17) is 13.3 Å². The monoisotopic (exact) mass is 733 g/mol. The van der Waals surface area contributed by atoms with Crippen molar-refractivity contribution in [3.63, 3.8) is 0 Å². The Bertz CT molecular complexity index is 1240. The number of hydrogen-bond donors (Lipinski definition) is 1. The van der Waals surface area contributed by atoms with Gasteiger partial charge in [-0.15, -0.1) is 0 Å². The molecule has 4 nitrogen and oxygen atoms in total. The maximum Gasteiger partial charge on any atom is 0.192 e. The summed E-state index contributed by atoms with van der Waals surface area (Å²) in [5.74, 6) is 1.59. The van der Waals surface area contributed by atoms with E-state index < -0.39 is 30.6 Å². The Labute approximate surface area is 307 Å². The zero-order chi connectivity index (χ0) is 37.5. The second kappa shape index (κ2) is 15.2. The largest absolute Gasteiger partial charge is 0.416 e. The number of rotatable bonds is 15. The molecule has 2 fully saturated rings. The fourth-order valence-electron chi connectivity index (χ4n) is 8.91. The summed E-state index contributed by atoms with van der Waals surface area (Å²) < 4.78 is 20.0. The summed E-state index contributed by atoms with van der Waals surface area (Å²) in [6.45, 7) is 41.1. The second-order valence-corrected chi connectivity index (χ2v) is 35.3. The van der Waals surface area contributed by atoms with Crippen LogP contribution in [0.5, 0.6) is 0 Å². The van der Waals surface area contributed by atoms with Crippen molar-refractivity contribution in [1.29, 1.82) is 0 Å². The molecular formula is C42H80O4Si3. The SMILES string of the molecule is C[C@H](CCCC(C)(C)O[Si](C)(C)C)[C@H]1CC[C@H]2C(O)(c3ccc(CO[Si](C)(C)C(C)(C)C)c(CCO[Si](C)(C)C(C)(C)C)c3)CCC[C@]12C. The van der Waals surface area contributed by atoms with Crippen molar-refractivity contribution < 1.29 is 18.4 Å². The lowest BCUT2D eigenvalue weighted by Gasteiger charge is -2.51. The number of aliphatic hydroxyl groups is 1. The maximum absolute atomic E-state index is 12.8. The van der Waals surface area contributed by atoms with Gasteiger partial charge in [0.2, 0.25) is 0 Å². The summed E-state index contributed by atoms with van der Waals surface area (Å²) in [7, 11) is -5.35. The highest BCUT2D eigenvalue weighted by Crippen LogP contribution is 2.63. The van der Waals surface area contributed by atoms with Crippen molar-refractivity contribution >= 4 is 25.0 Å². The zero-order valence-electron chi connectivity index (χ0n) is 35.4. The Balaban J connectivity index is 1.85. The van der Waals surface area contributed by atoms with E-state index >= 15 is 0 Å². The van der Waals surface area contributed by atoms with Gasteiger partial charge in [0.1, 0.15) is 0 Å². The molecule has 1 aromatic rings. The van der Waals surface area contributed by atoms with Gasteiger partial charge in [-0.05, 0) is 155 Å². The highest BCUT2D eigenvalue weighted by atomic mass is 28.4. The first-order chi connectivity index (χ1) is 22.0. The summed E-state index contributed by atoms with van der Waals surface area (Å²) in [5.41, 5.74) is 3.00. The molecule has 0 aromatic heterocycles. The molecule has 0 spiro atoms. The molecule has 1 aromatic carbocycles. The van der Waals surface area contributed by atoms with Gasteiger partial charge in [0.05, 0.1) is 17.8 Å². The second-order valence-electron chi connectivity index (χ2n) is 21.3. The van der Waals surface area contributed by atoms with Crippen molar-refractivity contribution in [1.82, 2.24) is 0 Å². The molecule has 1 N–H and O–H groups in total. The predicted molar refractivity (Wildman–Crippen MR) is 219 cm³/mol. The summed E-state index contributed by atoms with van der Waals surface area (Å²) in [6, 6.07) is 6.90. The van der Waals surface area contributed by atoms with E-state index in [1.807, 2.05) is 0 Å². The average Bonchev–Trinajstić information content (AvgIpc) is 3.28. The Kier molecular flexibility index (Phi) is 13.4. The van der Waals surface area contributed by atoms with E-state index in [9.17, 15) is 5.11 Å². The normalized spacial score (nSPS) is 26.6. The van der Waals surface area contributed by atoms with E-state index in [1.54, 1.807) is 0 Å². The lowest BCUT2D eigenvalue weighted by molar-refractivity contribution is -0.116. The molecule has 0 bridgehead atoms. The van der Waals surface area contributed by atoms with Gasteiger partial charge in [-0.25, -0.2) is 0 Å². The van der Waals surface area contributed by atoms with Crippen molar-refractivity contribution in [2.24, 2.45) is 23.2 Å². The van der Waals surface area contributed by atoms with E-state index in [1.165, 1.54) is 36.8 Å². The van der Waals surface area contributed by atoms with Crippen molar-refractivity contribution in [3.05, 3.63) is 34.9 Å². The molecule has 0 radical (unpaired) electrons. The van der Waals surface area contributed by atoms with Crippen LogP contribution >= 0.6 is 0 Å². The first kappa shape index (κ1) is 43.1. The molecule has 0 aliphatic heterocycles. The fourth-order valence-corrected chi connectivity index (χ4v) is 12.7. The van der Waals surface area contributed by atoms with Crippen molar-refractivity contribution in [2.75, 3.05) is 6.61 Å². The molecule has 49 heavy (non-hydrogen) atoms. The summed E-state index contributed by atoms with van der Waals surface area (Å²) in [5, 5.41) is 13.2. The minimum Gasteiger partial charge on any atom is -0.416 e. The van der Waals surface area contributed by atoms with E-state index in [-0.39, 0.29) is 21.1 Å². The van der Waals surface area contributed by atoms with Gasteiger partial charge in [0.15, 0.2) is 25.0 Å². The van der Waals surface area contributed by atoms with Gasteiger partial charge < -0.3 is 18.4 Å². The minimum atomic E-state index is -1.91. The smallest absolute Gasteiger partial charge is 0.192 e. The maximum atomic E-state index is 12.8. The molecule has 0 amide bonds. The third kappa shape index (κ3) is 10.4. The zero-order valence-corrected chi connectivity index (χ0v) is 38.4. The van der Waals surface area contributed by atoms with Crippen LogP contribution in [-0.2, 0) is 31.9 Å². The summed E-state index contributed by atoms with van der Waals surface area (Å²) in [6.07, 6.45) is 9.93. The first-order valence-electron chi connectivity index (χ1n) is 19.9. The fraction of sp³-hybridized carbons (Fsp3) is 0.857. The highest BCUT2D eigenvalue weighted by Gasteiger charge is 2.58. The summed E-state index contributed by atoms with van der Waals surface area (Å²) >= 11 is 0. The van der Waals surface area contributed by atoms with Crippen molar-refractivity contribution in [2.45, 2.75) is 201 Å². The number of hydrogen-bond acceptors (Lipinski definition) is 4. The molecule has 0 heterocycles. The number of fused-ring (bicyclic) bond motifs is 1. The molecule has 2 aliphatic carbocycles. The molecule has 1 unspecified atom stereocenters. The first-order valence-corrected chi connectivity index (χ1v) is 29.1. The lowest BCUT2D eigenvalue weighted by atomic mass is 9.56. The van der Waals surface area contributed by atoms with E-state index in [0.29, 0.717) is 31.0 Å². The van der Waals surface area contributed by atoms with Gasteiger partial charge in [-0.1, -0.05) is 86.4 Å². The molecule has 5 atom stereocenters. The van der Waals surface area contributed by atoms with Crippen LogP contribution in [-0.4, -0.2) is 42.3 Å². The van der Waals surface area contributed by atoms with Crippen LogP contribution in [0.15, 0.2) is 18.2 Å². The van der Waals surface area contributed by atoms with Crippen LogP contribution in [0.4, 0.5) is 0 Å². The molecule has 3 rings (SSSR count). The average molecular weight is 733 g/mol. The predicted octanol–water partition coefficient (Wildman–Crippen LogP) is 12.6. The molecule has 284 valence electrons. The van der Waals surface area contributed by atoms with Crippen LogP contribution in [0, 0.1) is 23.2 Å². The Morgan fingerprint density at radius 1 is 0.837 bits per heavy atom. The Morgan fingerprint density at radius 3 is 2.00 bits per heavy atom. The Morgan fingerprint density at radius 2 is 1.43 bits per heavy atom. The van der Waals surface area contributed by atoms with E-state index in [0.717, 1.165) is 37.7 Å². The van der Waals surface area contributed by atoms with Crippen LogP contribution in [0.25, 0.3) is 0 Å². The standard InChI is InChI=1S/C42H80O4Si3/c1-32(20-18-26-40(8,9)46-47(11,12)13)36-23-24-37-41(36,10)27-19-28-42(37,43)35-22-21-34(31-45-49(16,17)39(5,6)7)33(30-35)25-29-44-48(14,15)38(2,3)4/h21-22,30,32,36-37,43H,18-20,23-29,31H2,1-17H3/t32-,36-,37-,41-,42?/m1/s1. The topological polar surface area (TPSA) is 47.9 Å². The van der Waals surface area contributed by atoms with E-state index in [2.05, 4.69) is 133 Å². The number of benzene rings is 1. The molecular weight excluding hydrogens is 653 g/mol. The van der Waals surface area contributed by atoms with Crippen LogP contribution in [0.2, 0.25) is 55.9 Å². The molecule has 7 heteroatoms. The van der Waals surface area contributed by atoms with Crippen molar-refractivity contribution in [3.8, 4) is 0 Å². The Hall–Kier alpha value is -0.289. The molecule has 0 saturated heterocycles. The molecule has 2 aliphatic rings. The lowest BCUT2D eigenvalue weighted by Crippen LogP contribution is -2.48. The third-order valence-corrected chi connectivity index (χ3v) is 23.9. The van der Waals surface area contributed by atoms with Gasteiger partial charge in [0.25, 0.3) is 0 Å². The van der Waals surface area contributed by atoms with Gasteiger partial charge in [-0.3, -0.25) is 0 Å². The van der Waals surface area contributed by atoms with Gasteiger partial charge >= 0.3 is 0 Å². The quantitative estimate of drug-likeness (QED) is 0.182. The van der Waals surface area contributed by atoms with Crippen LogP contribution in [0.1, 0.15) is 137 Å². The minimum absolute atomic E-state index is 0.0489. The van der Waals surface area contributed by atoms with Crippen LogP contribution < -0.4 is 0 Å². The third-order valence-electron chi connectivity index (χ3n) is 13.7. The highest BCUT2D eigenvalue weighted by molar-refractivity contribution is 6.74. The summed E-state index contributed by atoms with van der Waals surface area (Å²) in [4.78, 5) is 0. The van der Waals surface area contributed by atoms with Gasteiger partial charge in [0, 0.05) is 6.61 Å².